The fourth-order valence-corrected chi connectivity index (χ4v) is 5.70. The molecular weight excluding hydrogens is 602 g/mol. The molecule has 0 radical (unpaired) electrons. The first kappa shape index (κ1) is 42.0. The molecular formula is C37H59NO9. The maximum Gasteiger partial charge on any atom is 0.373 e. The summed E-state index contributed by atoms with van der Waals surface area (Å²) in [6.45, 7) is 14.6. The van der Waals surface area contributed by atoms with E-state index < -0.39 is 54.5 Å². The first-order valence-electron chi connectivity index (χ1n) is 16.5. The van der Waals surface area contributed by atoms with Crippen LogP contribution in [0, 0.1) is 29.6 Å². The minimum atomic E-state index is -1.44. The Bertz CT molecular complexity index is 1170. The van der Waals surface area contributed by atoms with Crippen molar-refractivity contribution in [1.82, 2.24) is 5.32 Å². The summed E-state index contributed by atoms with van der Waals surface area (Å²) in [5, 5.41) is 46.0. The minimum absolute atomic E-state index is 0.107. The van der Waals surface area contributed by atoms with Crippen LogP contribution in [0.15, 0.2) is 71.6 Å². The Morgan fingerprint density at radius 2 is 1.79 bits per heavy atom. The van der Waals surface area contributed by atoms with Crippen molar-refractivity contribution in [2.24, 2.45) is 29.6 Å². The van der Waals surface area contributed by atoms with Crippen LogP contribution in [-0.2, 0) is 23.8 Å². The lowest BCUT2D eigenvalue weighted by Gasteiger charge is -2.33. The first-order valence-corrected chi connectivity index (χ1v) is 16.5. The van der Waals surface area contributed by atoms with Crippen molar-refractivity contribution in [3.05, 3.63) is 71.6 Å². The minimum Gasteiger partial charge on any atom is -0.490 e. The van der Waals surface area contributed by atoms with E-state index in [2.05, 4.69) is 5.32 Å². The summed E-state index contributed by atoms with van der Waals surface area (Å²) >= 11 is 0. The molecule has 0 fully saturated rings. The number of aliphatic hydroxyl groups is 4. The number of hydrogen-bond donors (Lipinski definition) is 5. The lowest BCUT2D eigenvalue weighted by molar-refractivity contribution is -0.161. The van der Waals surface area contributed by atoms with E-state index in [-0.39, 0.29) is 29.4 Å². The van der Waals surface area contributed by atoms with Gasteiger partial charge in [0, 0.05) is 30.8 Å². The summed E-state index contributed by atoms with van der Waals surface area (Å²) in [5.41, 5.74) is 1.62. The maximum absolute atomic E-state index is 13.4. The number of cyclic esters (lactones) is 1. The predicted molar refractivity (Wildman–Crippen MR) is 184 cm³/mol. The Balaban J connectivity index is 3.52. The van der Waals surface area contributed by atoms with E-state index in [1.54, 1.807) is 52.0 Å². The number of amides is 1. The van der Waals surface area contributed by atoms with Crippen molar-refractivity contribution >= 4 is 11.9 Å². The molecule has 0 bridgehead atoms. The van der Waals surface area contributed by atoms with Crippen molar-refractivity contribution in [3.8, 4) is 0 Å². The van der Waals surface area contributed by atoms with Crippen LogP contribution < -0.4 is 5.32 Å². The molecule has 266 valence electrons. The zero-order valence-corrected chi connectivity index (χ0v) is 29.8. The summed E-state index contributed by atoms with van der Waals surface area (Å²) in [6, 6.07) is 0. The highest BCUT2D eigenvalue weighted by molar-refractivity contribution is 5.88. The molecule has 47 heavy (non-hydrogen) atoms. The van der Waals surface area contributed by atoms with E-state index in [9.17, 15) is 30.0 Å². The van der Waals surface area contributed by atoms with Crippen LogP contribution in [0.1, 0.15) is 68.2 Å². The third kappa shape index (κ3) is 13.6. The maximum atomic E-state index is 13.4. The van der Waals surface area contributed by atoms with Gasteiger partial charge in [0.15, 0.2) is 0 Å². The molecule has 0 spiro atoms. The van der Waals surface area contributed by atoms with Gasteiger partial charge in [0.05, 0.1) is 25.4 Å². The summed E-state index contributed by atoms with van der Waals surface area (Å²) in [7, 11) is 2.79. The number of methoxy groups -OCH3 is 2. The third-order valence-electron chi connectivity index (χ3n) is 8.73. The average Bonchev–Trinajstić information content (AvgIpc) is 3.02. The van der Waals surface area contributed by atoms with Crippen LogP contribution >= 0.6 is 0 Å². The van der Waals surface area contributed by atoms with E-state index in [0.29, 0.717) is 18.4 Å². The standard InChI is InChI=1S/C37H59NO9/c1-11-14-29(39)24(5)17-18-32(40)38-36(43)27(8)35-30(45-9)16-13-15-22(3)19-25(6)33(41)28(12-2)34(42)26(7)20-23(4)21-31(46-10)37(44)47-35/h11,13-18,20-21,24-30,33-36,39,41-43H,12,19H2,1-10H3,(H,38,40)/b14-11+,16-13+,18-17+,22-15+,23-20+,31-21-. The highest BCUT2D eigenvalue weighted by atomic mass is 16.6. The third-order valence-corrected chi connectivity index (χ3v) is 8.73. The smallest absolute Gasteiger partial charge is 0.373 e. The monoisotopic (exact) mass is 661 g/mol. The number of nitrogens with one attached hydrogen (secondary N) is 1. The molecule has 5 N–H and O–H groups in total. The van der Waals surface area contributed by atoms with E-state index in [1.807, 2.05) is 39.8 Å². The van der Waals surface area contributed by atoms with Crippen molar-refractivity contribution in [3.63, 3.8) is 0 Å². The van der Waals surface area contributed by atoms with Crippen LogP contribution in [0.4, 0.5) is 0 Å². The Labute approximate surface area is 281 Å². The quantitative estimate of drug-likeness (QED) is 0.0984. The summed E-state index contributed by atoms with van der Waals surface area (Å²) < 4.78 is 17.0. The molecule has 0 saturated carbocycles. The molecule has 0 aliphatic carbocycles. The van der Waals surface area contributed by atoms with Gasteiger partial charge in [0.1, 0.15) is 18.4 Å². The molecule has 11 unspecified atom stereocenters. The van der Waals surface area contributed by atoms with Crippen LogP contribution in [0.25, 0.3) is 0 Å². The SMILES string of the molecule is C/C=C/C(O)C(C)/C=C/C(=O)NC(O)C(C)C1OC(=O)/C(OC)=C/C(C)=C/C(C)C(O)C(CC)C(O)C(C)C/C(C)=C/C=C/C1OC. The number of esters is 1. The lowest BCUT2D eigenvalue weighted by Crippen LogP contribution is -2.48. The van der Waals surface area contributed by atoms with Gasteiger partial charge in [-0.1, -0.05) is 88.3 Å². The highest BCUT2D eigenvalue weighted by Crippen LogP contribution is 2.29. The van der Waals surface area contributed by atoms with Gasteiger partial charge in [-0.3, -0.25) is 4.79 Å². The predicted octanol–water partition coefficient (Wildman–Crippen LogP) is 4.52. The molecule has 11 atom stereocenters. The molecule has 10 nitrogen and oxygen atoms in total. The normalized spacial score (nSPS) is 33.9. The van der Waals surface area contributed by atoms with Gasteiger partial charge >= 0.3 is 5.97 Å². The van der Waals surface area contributed by atoms with Crippen LogP contribution in [-0.4, -0.2) is 83.3 Å². The summed E-state index contributed by atoms with van der Waals surface area (Å²) in [4.78, 5) is 26.1. The molecule has 1 rings (SSSR count). The Morgan fingerprint density at radius 3 is 2.36 bits per heavy atom. The van der Waals surface area contributed by atoms with Crippen molar-refractivity contribution < 1.29 is 44.2 Å². The second-order valence-corrected chi connectivity index (χ2v) is 12.7. The Morgan fingerprint density at radius 1 is 1.13 bits per heavy atom. The molecule has 1 aliphatic heterocycles. The molecule has 1 aliphatic rings. The van der Waals surface area contributed by atoms with Gasteiger partial charge in [-0.15, -0.1) is 0 Å². The fourth-order valence-electron chi connectivity index (χ4n) is 5.70. The second-order valence-electron chi connectivity index (χ2n) is 12.7. The number of rotatable bonds is 10. The topological polar surface area (TPSA) is 155 Å². The summed E-state index contributed by atoms with van der Waals surface area (Å²) in [6.07, 6.45) is 10.3. The molecule has 0 saturated heterocycles. The van der Waals surface area contributed by atoms with Crippen LogP contribution in [0.3, 0.4) is 0 Å². The van der Waals surface area contributed by atoms with Crippen molar-refractivity contribution in [1.29, 1.82) is 0 Å². The van der Waals surface area contributed by atoms with Gasteiger partial charge in [0.25, 0.3) is 0 Å². The van der Waals surface area contributed by atoms with Gasteiger partial charge in [-0.2, -0.15) is 0 Å². The molecule has 0 aromatic carbocycles. The number of aliphatic hydroxyl groups excluding tert-OH is 4. The van der Waals surface area contributed by atoms with Crippen molar-refractivity contribution in [2.75, 3.05) is 14.2 Å². The number of carbonyl (C=O) groups excluding carboxylic acids is 2. The molecule has 10 heteroatoms. The van der Waals surface area contributed by atoms with E-state index in [4.69, 9.17) is 14.2 Å². The largest absolute Gasteiger partial charge is 0.490 e. The zero-order valence-electron chi connectivity index (χ0n) is 29.8. The van der Waals surface area contributed by atoms with Gasteiger partial charge in [-0.05, 0) is 51.7 Å². The van der Waals surface area contributed by atoms with Gasteiger partial charge in [0.2, 0.25) is 11.7 Å². The number of allylic oxidation sites excluding steroid dienone is 6. The first-order chi connectivity index (χ1) is 22.1. The number of carbonyl (C=O) groups is 2. The van der Waals surface area contributed by atoms with Crippen LogP contribution in [0.5, 0.6) is 0 Å². The average molecular weight is 662 g/mol. The second kappa shape index (κ2) is 21.1. The molecule has 0 aromatic heterocycles. The Hall–Kier alpha value is -3.02. The van der Waals surface area contributed by atoms with Crippen LogP contribution in [0.2, 0.25) is 0 Å². The van der Waals surface area contributed by atoms with Gasteiger partial charge in [-0.25, -0.2) is 4.79 Å². The van der Waals surface area contributed by atoms with E-state index >= 15 is 0 Å². The van der Waals surface area contributed by atoms with Gasteiger partial charge < -0.3 is 40.0 Å². The number of hydrogen-bond acceptors (Lipinski definition) is 9. The summed E-state index contributed by atoms with van der Waals surface area (Å²) in [5.74, 6) is -3.50. The molecule has 0 aromatic rings. The Kier molecular flexibility index (Phi) is 18.8. The fraction of sp³-hybridized carbons (Fsp3) is 0.622. The highest BCUT2D eigenvalue weighted by Gasteiger charge is 2.36. The number of ether oxygens (including phenoxy) is 3. The lowest BCUT2D eigenvalue weighted by atomic mass is 9.79. The molecule has 1 amide bonds. The van der Waals surface area contributed by atoms with Crippen molar-refractivity contribution in [2.45, 2.75) is 105 Å². The molecule has 1 heterocycles. The zero-order chi connectivity index (χ0) is 35.8. The van der Waals surface area contributed by atoms with E-state index in [1.165, 1.54) is 32.4 Å². The van der Waals surface area contributed by atoms with E-state index in [0.717, 1.165) is 5.57 Å².